The number of nitrogens with two attached hydrogens (primary N) is 1. The minimum Gasteiger partial charge on any atom is -0.392 e. The summed E-state index contributed by atoms with van der Waals surface area (Å²) in [5, 5.41) is 0. The third-order valence-corrected chi connectivity index (χ3v) is 6.45. The maximum atomic E-state index is 13.1. The van der Waals surface area contributed by atoms with E-state index in [0.29, 0.717) is 28.1 Å². The molecule has 1 fully saturated rings. The Morgan fingerprint density at radius 3 is 2.57 bits per heavy atom. The molecule has 1 saturated heterocycles. The number of nitrogens with zero attached hydrogens (tertiary/aromatic N) is 1. The first kappa shape index (κ1) is 16.7. The van der Waals surface area contributed by atoms with Crippen molar-refractivity contribution in [1.82, 2.24) is 4.90 Å². The zero-order valence-electron chi connectivity index (χ0n) is 11.6. The van der Waals surface area contributed by atoms with Crippen LogP contribution in [0, 0.1) is 5.82 Å². The molecule has 2 rings (SSSR count). The lowest BCUT2D eigenvalue weighted by Gasteiger charge is -2.40. The molecule has 1 aromatic carbocycles. The molecule has 21 heavy (non-hydrogen) atoms. The van der Waals surface area contributed by atoms with Crippen LogP contribution in [0.25, 0.3) is 0 Å². The number of amides is 1. The van der Waals surface area contributed by atoms with Gasteiger partial charge in [-0.1, -0.05) is 12.2 Å². The molecule has 1 aliphatic heterocycles. The number of thioether (sulfide) groups is 1. The number of piperidine rings is 1. The third-order valence-electron chi connectivity index (χ3n) is 3.86. The van der Waals surface area contributed by atoms with Crippen LogP contribution in [0.2, 0.25) is 0 Å². The highest BCUT2D eigenvalue weighted by Crippen LogP contribution is 2.35. The molecule has 0 atom stereocenters. The maximum absolute atomic E-state index is 13.1. The van der Waals surface area contributed by atoms with Crippen molar-refractivity contribution in [2.45, 2.75) is 17.6 Å². The van der Waals surface area contributed by atoms with Gasteiger partial charge in [0.15, 0.2) is 0 Å². The number of hydrogen-bond acceptors (Lipinski definition) is 3. The van der Waals surface area contributed by atoms with Gasteiger partial charge in [0.25, 0.3) is 5.91 Å². The van der Waals surface area contributed by atoms with E-state index < -0.39 is 0 Å². The summed E-state index contributed by atoms with van der Waals surface area (Å²) in [6, 6.07) is 4.10. The van der Waals surface area contributed by atoms with E-state index in [9.17, 15) is 9.18 Å². The molecule has 0 aliphatic carbocycles. The van der Waals surface area contributed by atoms with Crippen LogP contribution < -0.4 is 5.73 Å². The van der Waals surface area contributed by atoms with E-state index in [1.54, 1.807) is 16.7 Å². The second-order valence-electron chi connectivity index (χ2n) is 4.98. The highest BCUT2D eigenvalue weighted by Gasteiger charge is 2.38. The fourth-order valence-electron chi connectivity index (χ4n) is 2.46. The van der Waals surface area contributed by atoms with Crippen LogP contribution in [0.5, 0.6) is 0 Å². The van der Waals surface area contributed by atoms with Crippen LogP contribution in [-0.2, 0) is 0 Å². The van der Waals surface area contributed by atoms with Gasteiger partial charge in [0.1, 0.15) is 5.82 Å². The first-order chi connectivity index (χ1) is 9.89. The zero-order chi connectivity index (χ0) is 15.6. The SMILES string of the molecule is CSC1(C(N)=S)CCN(C(=O)c2ccc(F)cc2Br)CC1. The molecule has 3 nitrogen and oxygen atoms in total. The van der Waals surface area contributed by atoms with E-state index in [4.69, 9.17) is 18.0 Å². The highest BCUT2D eigenvalue weighted by atomic mass is 79.9. The Hall–Kier alpha value is -0.660. The number of carbonyl (C=O) groups excluding carboxylic acids is 1. The highest BCUT2D eigenvalue weighted by molar-refractivity contribution is 9.10. The molecule has 0 aromatic heterocycles. The Morgan fingerprint density at radius 1 is 1.48 bits per heavy atom. The Labute approximate surface area is 141 Å². The van der Waals surface area contributed by atoms with Gasteiger partial charge in [0.05, 0.1) is 15.3 Å². The molecule has 0 bridgehead atoms. The van der Waals surface area contributed by atoms with Crippen molar-refractivity contribution in [1.29, 1.82) is 0 Å². The quantitative estimate of drug-likeness (QED) is 0.804. The molecule has 0 unspecified atom stereocenters. The lowest BCUT2D eigenvalue weighted by molar-refractivity contribution is 0.0718. The van der Waals surface area contributed by atoms with Crippen molar-refractivity contribution in [2.75, 3.05) is 19.3 Å². The molecular weight excluding hydrogens is 375 g/mol. The Kier molecular flexibility index (Phi) is 5.27. The molecular formula is C14H16BrFN2OS2. The average molecular weight is 391 g/mol. The summed E-state index contributed by atoms with van der Waals surface area (Å²) in [5.74, 6) is -0.466. The van der Waals surface area contributed by atoms with Gasteiger partial charge >= 0.3 is 0 Å². The first-order valence-corrected chi connectivity index (χ1v) is 8.91. The van der Waals surface area contributed by atoms with Crippen LogP contribution in [0.3, 0.4) is 0 Å². The molecule has 0 saturated carbocycles. The van der Waals surface area contributed by atoms with Gasteiger partial charge in [-0.15, -0.1) is 0 Å². The van der Waals surface area contributed by atoms with Crippen molar-refractivity contribution in [3.05, 3.63) is 34.1 Å². The van der Waals surface area contributed by atoms with Crippen LogP contribution in [-0.4, -0.2) is 39.9 Å². The Balaban J connectivity index is 2.12. The number of rotatable bonds is 3. The summed E-state index contributed by atoms with van der Waals surface area (Å²) < 4.78 is 13.4. The number of carbonyl (C=O) groups is 1. The molecule has 7 heteroatoms. The fraction of sp³-hybridized carbons (Fsp3) is 0.429. The summed E-state index contributed by atoms with van der Waals surface area (Å²) in [6.07, 6.45) is 3.48. The summed E-state index contributed by atoms with van der Waals surface area (Å²) in [7, 11) is 0. The van der Waals surface area contributed by atoms with Crippen molar-refractivity contribution >= 4 is 50.8 Å². The van der Waals surface area contributed by atoms with Crippen LogP contribution in [0.15, 0.2) is 22.7 Å². The van der Waals surface area contributed by atoms with Crippen LogP contribution >= 0.6 is 39.9 Å². The van der Waals surface area contributed by atoms with E-state index in [1.165, 1.54) is 18.2 Å². The second kappa shape index (κ2) is 6.62. The third kappa shape index (κ3) is 3.40. The molecule has 0 radical (unpaired) electrons. The fourth-order valence-corrected chi connectivity index (χ4v) is 4.22. The van der Waals surface area contributed by atoms with E-state index in [1.807, 2.05) is 6.26 Å². The molecule has 2 N–H and O–H groups in total. The van der Waals surface area contributed by atoms with E-state index >= 15 is 0 Å². The minimum absolute atomic E-state index is 0.0977. The number of halogens is 2. The molecule has 1 heterocycles. The maximum Gasteiger partial charge on any atom is 0.255 e. The van der Waals surface area contributed by atoms with Gasteiger partial charge in [-0.2, -0.15) is 11.8 Å². The topological polar surface area (TPSA) is 46.3 Å². The van der Waals surface area contributed by atoms with Gasteiger partial charge in [0.2, 0.25) is 0 Å². The molecule has 1 amide bonds. The Bertz CT molecular complexity index is 574. The summed E-state index contributed by atoms with van der Waals surface area (Å²) in [5.41, 5.74) is 6.32. The zero-order valence-corrected chi connectivity index (χ0v) is 14.8. The second-order valence-corrected chi connectivity index (χ2v) is 7.46. The molecule has 1 aromatic rings. The molecule has 114 valence electrons. The monoisotopic (exact) mass is 390 g/mol. The summed E-state index contributed by atoms with van der Waals surface area (Å²) >= 11 is 10.1. The number of benzene rings is 1. The van der Waals surface area contributed by atoms with E-state index in [-0.39, 0.29) is 16.5 Å². The normalized spacial score (nSPS) is 17.6. The van der Waals surface area contributed by atoms with Gasteiger partial charge in [0, 0.05) is 17.6 Å². The van der Waals surface area contributed by atoms with Gasteiger partial charge < -0.3 is 10.6 Å². The summed E-state index contributed by atoms with van der Waals surface area (Å²) in [6.45, 7) is 1.20. The Morgan fingerprint density at radius 2 is 2.10 bits per heavy atom. The van der Waals surface area contributed by atoms with Crippen molar-refractivity contribution in [3.8, 4) is 0 Å². The van der Waals surface area contributed by atoms with E-state index in [2.05, 4.69) is 15.9 Å². The minimum atomic E-state index is -0.369. The smallest absolute Gasteiger partial charge is 0.255 e. The predicted octanol–water partition coefficient (Wildman–Crippen LogP) is 3.21. The standard InChI is InChI=1S/C14H16BrFN2OS2/c1-21-14(13(17)20)4-6-18(7-5-14)12(19)10-3-2-9(16)8-11(10)15/h2-3,8H,4-7H2,1H3,(H2,17,20). The number of thiocarbonyl (C=S) groups is 1. The number of likely N-dealkylation sites (tertiary alicyclic amines) is 1. The molecule has 1 aliphatic rings. The van der Waals surface area contributed by atoms with Gasteiger partial charge in [-0.05, 0) is 53.2 Å². The van der Waals surface area contributed by atoms with Gasteiger partial charge in [-0.25, -0.2) is 4.39 Å². The summed E-state index contributed by atoms with van der Waals surface area (Å²) in [4.78, 5) is 14.8. The van der Waals surface area contributed by atoms with Gasteiger partial charge in [-0.3, -0.25) is 4.79 Å². The van der Waals surface area contributed by atoms with Crippen molar-refractivity contribution in [2.24, 2.45) is 5.73 Å². The van der Waals surface area contributed by atoms with E-state index in [0.717, 1.165) is 12.8 Å². The van der Waals surface area contributed by atoms with Crippen molar-refractivity contribution < 1.29 is 9.18 Å². The number of hydrogen-bond donors (Lipinski definition) is 1. The van der Waals surface area contributed by atoms with Crippen LogP contribution in [0.1, 0.15) is 23.2 Å². The average Bonchev–Trinajstić information content (AvgIpc) is 2.46. The van der Waals surface area contributed by atoms with Crippen LogP contribution in [0.4, 0.5) is 4.39 Å². The lowest BCUT2D eigenvalue weighted by Crippen LogP contribution is -2.50. The van der Waals surface area contributed by atoms with Crippen molar-refractivity contribution in [3.63, 3.8) is 0 Å². The largest absolute Gasteiger partial charge is 0.392 e. The predicted molar refractivity (Wildman–Crippen MR) is 92.3 cm³/mol. The molecule has 0 spiro atoms. The first-order valence-electron chi connectivity index (χ1n) is 6.49. The lowest BCUT2D eigenvalue weighted by atomic mass is 9.95.